The number of halogens is 3. The van der Waals surface area contributed by atoms with Gasteiger partial charge in [0.15, 0.2) is 33.1 Å². The van der Waals surface area contributed by atoms with E-state index in [2.05, 4.69) is 116 Å². The van der Waals surface area contributed by atoms with E-state index >= 15 is 0 Å². The first kappa shape index (κ1) is 76.6. The van der Waals surface area contributed by atoms with Crippen molar-refractivity contribution < 1.29 is 41.1 Å². The average Bonchev–Trinajstić information content (AvgIpc) is 0.850. The zero-order chi connectivity index (χ0) is 75.4. The largest absolute Gasteiger partial charge is 0.399 e. The van der Waals surface area contributed by atoms with Crippen LogP contribution in [0.2, 0.25) is 15.1 Å². The maximum Gasteiger partial charge on any atom is 0.259 e. The molecule has 0 atom stereocenters. The van der Waals surface area contributed by atoms with Crippen molar-refractivity contribution in [2.24, 2.45) is 0 Å². The summed E-state index contributed by atoms with van der Waals surface area (Å²) in [6, 6.07) is 37.3. The number of aliphatic hydroxyl groups is 1. The highest BCUT2D eigenvalue weighted by Gasteiger charge is 2.20. The van der Waals surface area contributed by atoms with Crippen LogP contribution in [-0.2, 0) is 19.9 Å². The normalized spacial score (nSPS) is 10.8. The summed E-state index contributed by atoms with van der Waals surface area (Å²) < 4.78 is 47.8. The fourth-order valence-corrected chi connectivity index (χ4v) is 10.6. The Labute approximate surface area is 614 Å². The Morgan fingerprint density at radius 3 is 1.21 bits per heavy atom. The molecular weight excluding hydrogens is 1460 g/mol. The second kappa shape index (κ2) is 35.4. The number of sulfonamides is 1. The molecule has 9 heterocycles. The number of nitrogens with zero attached hydrogens (tertiary/aromatic N) is 17. The van der Waals surface area contributed by atoms with Gasteiger partial charge in [-0.1, -0.05) is 59.1 Å². The number of hydrogen-bond acceptors (Lipinski definition) is 28. The van der Waals surface area contributed by atoms with E-state index in [1.165, 1.54) is 60.8 Å². The van der Waals surface area contributed by atoms with E-state index < -0.39 is 43.5 Å². The number of anilines is 7. The van der Waals surface area contributed by atoms with E-state index in [1.807, 2.05) is 18.2 Å². The number of rotatable bonds is 18. The van der Waals surface area contributed by atoms with Gasteiger partial charge in [-0.25, -0.2) is 41.8 Å². The first-order valence-electron chi connectivity index (χ1n) is 30.6. The molecule has 4 amide bonds. The Balaban J connectivity index is 0.000000162. The average molecular weight is 1510 g/mol. The molecule has 0 radical (unpaired) electrons. The number of pyridine rings is 5. The Morgan fingerprint density at radius 1 is 0.429 bits per heavy atom. The van der Waals surface area contributed by atoms with Crippen LogP contribution in [0.25, 0.3) is 46.1 Å². The molecule has 0 saturated carbocycles. The van der Waals surface area contributed by atoms with E-state index in [0.29, 0.717) is 87.4 Å². The molecule has 105 heavy (non-hydrogen) atoms. The molecule has 33 nitrogen and oxygen atoms in total. The molecule has 12 aromatic rings. The predicted molar refractivity (Wildman–Crippen MR) is 393 cm³/mol. The number of hydrogen-bond donors (Lipinski definition) is 8. The molecule has 0 fully saturated rings. The minimum Gasteiger partial charge on any atom is -0.399 e. The number of benzene rings is 3. The van der Waals surface area contributed by atoms with Crippen molar-refractivity contribution in [3.8, 4) is 46.1 Å². The molecule has 9 aromatic heterocycles. The molecule has 0 unspecified atom stereocenters. The van der Waals surface area contributed by atoms with Crippen LogP contribution in [0.5, 0.6) is 0 Å². The van der Waals surface area contributed by atoms with Crippen LogP contribution in [0, 0.1) is 27.7 Å². The van der Waals surface area contributed by atoms with Crippen molar-refractivity contribution in [2.45, 2.75) is 32.6 Å². The maximum atomic E-state index is 12.5. The number of aromatic nitrogens is 17. The van der Waals surface area contributed by atoms with Gasteiger partial charge >= 0.3 is 0 Å². The molecular formula is C67H59Cl3N24O9S2. The van der Waals surface area contributed by atoms with Crippen molar-refractivity contribution in [1.29, 1.82) is 0 Å². The van der Waals surface area contributed by atoms with Gasteiger partial charge in [0.05, 0.1) is 49.5 Å². The fraction of sp³-hybridized carbons (Fsp3) is 0.119. The molecule has 38 heteroatoms. The number of nitrogens with two attached hydrogens (primary N) is 1. The summed E-state index contributed by atoms with van der Waals surface area (Å²) in [5.41, 5.74) is 9.55. The molecule has 0 aliphatic rings. The van der Waals surface area contributed by atoms with Gasteiger partial charge in [0, 0.05) is 60.7 Å². The lowest BCUT2D eigenvalue weighted by Crippen LogP contribution is -2.16. The second-order valence-electron chi connectivity index (χ2n) is 21.6. The van der Waals surface area contributed by atoms with E-state index in [4.69, 9.17) is 45.6 Å². The number of amides is 4. The number of carbonyl (C=O) groups is 4. The second-order valence-corrected chi connectivity index (χ2v) is 26.6. The van der Waals surface area contributed by atoms with E-state index in [-0.39, 0.29) is 78.3 Å². The maximum absolute atomic E-state index is 12.5. The topological polar surface area (TPSA) is 474 Å². The van der Waals surface area contributed by atoms with Crippen LogP contribution in [-0.4, -0.2) is 156 Å². The van der Waals surface area contributed by atoms with E-state index in [9.17, 15) is 36.0 Å². The number of carbonyl (C=O) groups excluding carboxylic acids is 4. The lowest BCUT2D eigenvalue weighted by Gasteiger charge is -2.09. The number of nitrogens with one attached hydrogen (secondary N) is 6. The molecule has 0 saturated heterocycles. The van der Waals surface area contributed by atoms with Crippen molar-refractivity contribution in [2.75, 3.05) is 62.7 Å². The lowest BCUT2D eigenvalue weighted by molar-refractivity contribution is 0.101. The van der Waals surface area contributed by atoms with Crippen LogP contribution in [0.3, 0.4) is 0 Å². The highest BCUT2D eigenvalue weighted by atomic mass is 35.5. The first-order valence-corrected chi connectivity index (χ1v) is 35.5. The third kappa shape index (κ3) is 22.7. The molecule has 0 aliphatic heterocycles. The summed E-state index contributed by atoms with van der Waals surface area (Å²) in [6.45, 7) is 7.00. The standard InChI is InChI=1S/C17H16ClN7O2.C17H15ClN6O3S.C17H15N5O3S.C16H13ClN6O/c1-10-22-15(13-4-2-3-5-19-13)24-17(23-10)25-16(27)11-8-12(18)14(21-9-11)20-6-7-26;1-10-20-15(14-5-3-4-8-19-14)22-17(21-10)23-16(25)12-7-6-11(9-13(12)18)24-28(2,26)27;1-11-19-15(14-5-3-4-10-18-14)21-17(20-11)22-16(23)12-6-8-13(9-7-12)26(2,24)25;1-9-20-14(13-4-2-3-7-19-13)22-16(21-9)23-15(24)11-8-10(18)5-6-12(11)17/h2-5,8-9,26H,6-7H2,1H3,(H,20,21)(H,22,23,24,25,27);3-9,24H,1-2H3,(H,20,21,22,23,25);3-10H,1-2H3,(H,19,20,21,22,23);2-8H,18H2,1H3,(H,20,21,22,23,24). The Bertz CT molecular complexity index is 5370. The van der Waals surface area contributed by atoms with Gasteiger partial charge in [-0.3, -0.25) is 65.1 Å². The molecule has 9 N–H and O–H groups in total. The van der Waals surface area contributed by atoms with E-state index in [1.54, 1.807) is 119 Å². The van der Waals surface area contributed by atoms with Gasteiger partial charge < -0.3 is 16.2 Å². The lowest BCUT2D eigenvalue weighted by atomic mass is 10.2. The highest BCUT2D eigenvalue weighted by Crippen LogP contribution is 2.26. The molecule has 0 spiro atoms. The summed E-state index contributed by atoms with van der Waals surface area (Å²) in [6.07, 6.45) is 9.99. The van der Waals surface area contributed by atoms with Gasteiger partial charge in [-0.05, 0) is 143 Å². The SMILES string of the molecule is Cc1nc(NC(=O)c2cc(N)ccc2Cl)nc(-c2ccccn2)n1.Cc1nc(NC(=O)c2ccc(NS(C)(=O)=O)cc2Cl)nc(-c2ccccn2)n1.Cc1nc(NC(=O)c2ccc(S(C)(=O)=O)cc2)nc(-c2ccccn2)n1.Cc1nc(NC(=O)c2cnc(NCCO)c(Cl)c2)nc(-c2ccccn2)n1. The van der Waals surface area contributed by atoms with Crippen molar-refractivity contribution >= 4 is 119 Å². The van der Waals surface area contributed by atoms with Crippen LogP contribution in [0.1, 0.15) is 64.7 Å². The van der Waals surface area contributed by atoms with Crippen LogP contribution >= 0.6 is 34.8 Å². The van der Waals surface area contributed by atoms with Crippen molar-refractivity contribution in [3.05, 3.63) is 231 Å². The first-order chi connectivity index (χ1) is 50.1. The van der Waals surface area contributed by atoms with E-state index in [0.717, 1.165) is 12.5 Å². The molecule has 0 aliphatic carbocycles. The molecule has 12 rings (SSSR count). The Hall–Kier alpha value is -12.5. The smallest absolute Gasteiger partial charge is 0.259 e. The summed E-state index contributed by atoms with van der Waals surface area (Å²) in [4.78, 5) is 121. The Morgan fingerprint density at radius 2 is 0.838 bits per heavy atom. The van der Waals surface area contributed by atoms with Crippen molar-refractivity contribution in [1.82, 2.24) is 84.7 Å². The van der Waals surface area contributed by atoms with Gasteiger partial charge in [0.1, 0.15) is 51.9 Å². The predicted octanol–water partition coefficient (Wildman–Crippen LogP) is 9.09. The van der Waals surface area contributed by atoms with Gasteiger partial charge in [-0.15, -0.1) is 0 Å². The molecule has 3 aromatic carbocycles. The van der Waals surface area contributed by atoms with Crippen LogP contribution < -0.4 is 37.0 Å². The fourth-order valence-electron chi connectivity index (χ4n) is 8.69. The van der Waals surface area contributed by atoms with Crippen LogP contribution in [0.4, 0.5) is 41.0 Å². The summed E-state index contributed by atoms with van der Waals surface area (Å²) in [5.74, 6) is 1.97. The Kier molecular flexibility index (Phi) is 25.8. The van der Waals surface area contributed by atoms with Crippen molar-refractivity contribution in [3.63, 3.8) is 0 Å². The number of nitrogen functional groups attached to an aromatic ring is 1. The zero-order valence-electron chi connectivity index (χ0n) is 55.9. The number of sulfone groups is 1. The molecule has 534 valence electrons. The van der Waals surface area contributed by atoms with Gasteiger partial charge in [0.2, 0.25) is 33.8 Å². The molecule has 0 bridgehead atoms. The highest BCUT2D eigenvalue weighted by molar-refractivity contribution is 7.92. The number of aryl methyl sites for hydroxylation is 4. The zero-order valence-corrected chi connectivity index (χ0v) is 59.8. The quantitative estimate of drug-likeness (QED) is 0.0371. The minimum absolute atomic E-state index is 0.0487. The van der Waals surface area contributed by atoms with Gasteiger partial charge in [0.25, 0.3) is 23.6 Å². The minimum atomic E-state index is -3.45. The van der Waals surface area contributed by atoms with Crippen LogP contribution in [0.15, 0.2) is 175 Å². The van der Waals surface area contributed by atoms with Gasteiger partial charge in [-0.2, -0.15) is 39.9 Å². The monoisotopic (exact) mass is 1510 g/mol. The third-order valence-corrected chi connectivity index (χ3v) is 15.9. The summed E-state index contributed by atoms with van der Waals surface area (Å²) >= 11 is 18.3. The summed E-state index contributed by atoms with van der Waals surface area (Å²) in [7, 11) is -6.77. The third-order valence-electron chi connectivity index (χ3n) is 13.3. The number of aliphatic hydroxyl groups excluding tert-OH is 1. The summed E-state index contributed by atoms with van der Waals surface area (Å²) in [5, 5.41) is 22.7.